The zero-order valence-electron chi connectivity index (χ0n) is 14.8. The highest BCUT2D eigenvalue weighted by Crippen LogP contribution is 2.29. The van der Waals surface area contributed by atoms with E-state index in [1.165, 1.54) is 0 Å². The summed E-state index contributed by atoms with van der Waals surface area (Å²) in [5.41, 5.74) is 7.81. The molecule has 130 valence electrons. The highest BCUT2D eigenvalue weighted by Gasteiger charge is 2.30. The molecule has 24 heavy (non-hydrogen) atoms. The first-order chi connectivity index (χ1) is 11.5. The maximum absolute atomic E-state index is 13.1. The number of fused-ring (bicyclic) bond motifs is 1. The Bertz CT molecular complexity index is 720. The Labute approximate surface area is 143 Å². The number of likely N-dealkylation sites (tertiary alicyclic amines) is 1. The second kappa shape index (κ2) is 6.95. The number of carbonyl (C=O) groups is 1. The van der Waals surface area contributed by atoms with Crippen LogP contribution in [0.4, 0.5) is 0 Å². The van der Waals surface area contributed by atoms with Crippen molar-refractivity contribution in [2.45, 2.75) is 32.4 Å². The predicted octanol–water partition coefficient (Wildman–Crippen LogP) is 2.69. The van der Waals surface area contributed by atoms with E-state index in [-0.39, 0.29) is 11.9 Å². The Balaban J connectivity index is 1.94. The molecule has 2 heterocycles. The lowest BCUT2D eigenvalue weighted by Gasteiger charge is -2.34. The molecule has 1 aromatic heterocycles. The van der Waals surface area contributed by atoms with Gasteiger partial charge < -0.3 is 20.0 Å². The van der Waals surface area contributed by atoms with E-state index in [9.17, 15) is 4.79 Å². The number of nitrogens with two attached hydrogens (primary N) is 1. The quantitative estimate of drug-likeness (QED) is 0.937. The first kappa shape index (κ1) is 17.0. The molecule has 0 saturated carbocycles. The molecule has 2 atom stereocenters. The smallest absolute Gasteiger partial charge is 0.289 e. The summed E-state index contributed by atoms with van der Waals surface area (Å²) >= 11 is 0. The number of piperidine rings is 1. The molecule has 1 aromatic carbocycles. The summed E-state index contributed by atoms with van der Waals surface area (Å²) in [6, 6.07) is 7.98. The van der Waals surface area contributed by atoms with Gasteiger partial charge in [0.25, 0.3) is 5.91 Å². The molecule has 1 aliphatic rings. The number of nitrogens with zero attached hydrogens (tertiary/aromatic N) is 2. The van der Waals surface area contributed by atoms with Crippen molar-refractivity contribution in [1.82, 2.24) is 9.80 Å². The lowest BCUT2D eigenvalue weighted by atomic mass is 9.92. The Morgan fingerprint density at radius 2 is 2.17 bits per heavy atom. The SMILES string of the molecule is C[C@@H](N)[C@@H]1CCCN(C(=O)c2oc3ccccc3c2CN(C)C)C1. The molecule has 0 spiro atoms. The molecule has 0 bridgehead atoms. The van der Waals surface area contributed by atoms with Gasteiger partial charge in [-0.15, -0.1) is 0 Å². The number of para-hydroxylation sites is 1. The van der Waals surface area contributed by atoms with E-state index in [1.54, 1.807) is 0 Å². The van der Waals surface area contributed by atoms with Crippen LogP contribution in [0.25, 0.3) is 11.0 Å². The fourth-order valence-corrected chi connectivity index (χ4v) is 3.51. The lowest BCUT2D eigenvalue weighted by molar-refractivity contribution is 0.0629. The van der Waals surface area contributed by atoms with Gasteiger partial charge in [-0.1, -0.05) is 18.2 Å². The summed E-state index contributed by atoms with van der Waals surface area (Å²) in [6.45, 7) is 4.20. The summed E-state index contributed by atoms with van der Waals surface area (Å²) < 4.78 is 5.96. The van der Waals surface area contributed by atoms with Crippen molar-refractivity contribution in [2.24, 2.45) is 11.7 Å². The highest BCUT2D eigenvalue weighted by molar-refractivity contribution is 5.99. The van der Waals surface area contributed by atoms with Crippen LogP contribution in [-0.4, -0.2) is 48.9 Å². The molecular formula is C19H27N3O2. The Morgan fingerprint density at radius 3 is 2.88 bits per heavy atom. The minimum absolute atomic E-state index is 0.00611. The third-order valence-electron chi connectivity index (χ3n) is 4.86. The van der Waals surface area contributed by atoms with E-state index in [0.29, 0.717) is 18.2 Å². The topological polar surface area (TPSA) is 62.7 Å². The normalized spacial score (nSPS) is 19.9. The number of carbonyl (C=O) groups excluding carboxylic acids is 1. The van der Waals surface area contributed by atoms with Crippen LogP contribution in [0.3, 0.4) is 0 Å². The molecular weight excluding hydrogens is 302 g/mol. The van der Waals surface area contributed by atoms with Crippen LogP contribution in [-0.2, 0) is 6.54 Å². The van der Waals surface area contributed by atoms with Gasteiger partial charge in [0, 0.05) is 36.6 Å². The molecule has 2 aromatic rings. The summed E-state index contributed by atoms with van der Waals surface area (Å²) in [6.07, 6.45) is 2.09. The van der Waals surface area contributed by atoms with Crippen molar-refractivity contribution in [1.29, 1.82) is 0 Å². The number of rotatable bonds is 4. The standard InChI is InChI=1S/C19H27N3O2/c1-13(20)14-7-6-10-22(11-14)19(23)18-16(12-21(2)3)15-8-4-5-9-17(15)24-18/h4-5,8-9,13-14H,6-7,10-12,20H2,1-3H3/t13-,14-/m1/s1. The number of hydrogen-bond donors (Lipinski definition) is 1. The fraction of sp³-hybridized carbons (Fsp3) is 0.526. The Morgan fingerprint density at radius 1 is 1.42 bits per heavy atom. The minimum Gasteiger partial charge on any atom is -0.451 e. The average molecular weight is 329 g/mol. The van der Waals surface area contributed by atoms with Crippen LogP contribution < -0.4 is 5.73 Å². The van der Waals surface area contributed by atoms with Crippen LogP contribution in [0.15, 0.2) is 28.7 Å². The van der Waals surface area contributed by atoms with Gasteiger partial charge in [-0.05, 0) is 45.8 Å². The number of benzene rings is 1. The van der Waals surface area contributed by atoms with Crippen molar-refractivity contribution < 1.29 is 9.21 Å². The summed E-state index contributed by atoms with van der Waals surface area (Å²) in [4.78, 5) is 17.1. The van der Waals surface area contributed by atoms with Gasteiger partial charge in [-0.2, -0.15) is 0 Å². The molecule has 5 nitrogen and oxygen atoms in total. The van der Waals surface area contributed by atoms with Crippen LogP contribution in [0, 0.1) is 5.92 Å². The molecule has 3 rings (SSSR count). The van der Waals surface area contributed by atoms with E-state index in [4.69, 9.17) is 10.2 Å². The predicted molar refractivity (Wildman–Crippen MR) is 95.9 cm³/mol. The van der Waals surface area contributed by atoms with Crippen LogP contribution in [0.2, 0.25) is 0 Å². The van der Waals surface area contributed by atoms with Crippen molar-refractivity contribution in [3.63, 3.8) is 0 Å². The second-order valence-electron chi connectivity index (χ2n) is 7.16. The highest BCUT2D eigenvalue weighted by atomic mass is 16.3. The van der Waals surface area contributed by atoms with E-state index >= 15 is 0 Å². The molecule has 1 saturated heterocycles. The third-order valence-corrected chi connectivity index (χ3v) is 4.86. The van der Waals surface area contributed by atoms with E-state index in [0.717, 1.165) is 42.5 Å². The van der Waals surface area contributed by atoms with Gasteiger partial charge in [0.1, 0.15) is 5.58 Å². The van der Waals surface area contributed by atoms with Gasteiger partial charge in [-0.25, -0.2) is 0 Å². The van der Waals surface area contributed by atoms with Gasteiger partial charge in [-0.3, -0.25) is 4.79 Å². The van der Waals surface area contributed by atoms with Crippen molar-refractivity contribution in [2.75, 3.05) is 27.2 Å². The van der Waals surface area contributed by atoms with Gasteiger partial charge in [0.05, 0.1) is 0 Å². The van der Waals surface area contributed by atoms with Crippen LogP contribution in [0.1, 0.15) is 35.9 Å². The molecule has 1 aliphatic heterocycles. The van der Waals surface area contributed by atoms with Crippen molar-refractivity contribution in [3.05, 3.63) is 35.6 Å². The maximum atomic E-state index is 13.1. The molecule has 1 amide bonds. The summed E-state index contributed by atoms with van der Waals surface area (Å²) in [5.74, 6) is 0.841. The van der Waals surface area contributed by atoms with Gasteiger partial charge >= 0.3 is 0 Å². The maximum Gasteiger partial charge on any atom is 0.289 e. The zero-order chi connectivity index (χ0) is 17.3. The monoisotopic (exact) mass is 329 g/mol. The fourth-order valence-electron chi connectivity index (χ4n) is 3.51. The minimum atomic E-state index is -0.00611. The Kier molecular flexibility index (Phi) is 4.92. The van der Waals surface area contributed by atoms with Crippen LogP contribution >= 0.6 is 0 Å². The van der Waals surface area contributed by atoms with E-state index in [2.05, 4.69) is 4.90 Å². The molecule has 0 unspecified atom stereocenters. The first-order valence-corrected chi connectivity index (χ1v) is 8.67. The number of amides is 1. The summed E-state index contributed by atoms with van der Waals surface area (Å²) in [5, 5.41) is 1.02. The average Bonchev–Trinajstić information content (AvgIpc) is 2.92. The first-order valence-electron chi connectivity index (χ1n) is 8.67. The molecule has 1 fully saturated rings. The van der Waals surface area contributed by atoms with E-state index in [1.807, 2.05) is 50.2 Å². The molecule has 2 N–H and O–H groups in total. The number of hydrogen-bond acceptors (Lipinski definition) is 4. The Hall–Kier alpha value is -1.85. The second-order valence-corrected chi connectivity index (χ2v) is 7.16. The lowest BCUT2D eigenvalue weighted by Crippen LogP contribution is -2.45. The van der Waals surface area contributed by atoms with Gasteiger partial charge in [0.2, 0.25) is 0 Å². The van der Waals surface area contributed by atoms with E-state index < -0.39 is 0 Å². The number of furan rings is 1. The van der Waals surface area contributed by atoms with Crippen LogP contribution in [0.5, 0.6) is 0 Å². The van der Waals surface area contributed by atoms with Crippen molar-refractivity contribution in [3.8, 4) is 0 Å². The van der Waals surface area contributed by atoms with Gasteiger partial charge in [0.15, 0.2) is 5.76 Å². The third kappa shape index (κ3) is 3.32. The summed E-state index contributed by atoms with van der Waals surface area (Å²) in [7, 11) is 4.01. The molecule has 0 aliphatic carbocycles. The zero-order valence-corrected chi connectivity index (χ0v) is 14.8. The largest absolute Gasteiger partial charge is 0.451 e. The molecule has 0 radical (unpaired) electrons. The van der Waals surface area contributed by atoms with Crippen molar-refractivity contribution >= 4 is 16.9 Å². The molecule has 5 heteroatoms.